The van der Waals surface area contributed by atoms with Crippen LogP contribution in [0.4, 0.5) is 5.69 Å². The predicted octanol–water partition coefficient (Wildman–Crippen LogP) is -1.45. The molecule has 0 heterocycles. The van der Waals surface area contributed by atoms with Gasteiger partial charge in [0.05, 0.1) is 10.7 Å². The molecular formula is C10H9ClNNaO2. The van der Waals surface area contributed by atoms with Crippen molar-refractivity contribution >= 4 is 23.1 Å². The molecule has 1 rings (SSSR count). The summed E-state index contributed by atoms with van der Waals surface area (Å²) in [6.45, 7) is 1.31. The van der Waals surface area contributed by atoms with Crippen LogP contribution in [0, 0.1) is 0 Å². The van der Waals surface area contributed by atoms with Gasteiger partial charge in [-0.2, -0.15) is 0 Å². The Balaban J connectivity index is 0.00000196. The second-order valence-corrected chi connectivity index (χ2v) is 3.13. The van der Waals surface area contributed by atoms with Crippen molar-refractivity contribution in [3.63, 3.8) is 0 Å². The maximum absolute atomic E-state index is 11.1. The summed E-state index contributed by atoms with van der Waals surface area (Å²) >= 11 is 5.79. The van der Waals surface area contributed by atoms with Crippen LogP contribution in [0.25, 0.3) is 0 Å². The number of ketones is 1. The van der Waals surface area contributed by atoms with Crippen molar-refractivity contribution in [2.24, 2.45) is 0 Å². The average molecular weight is 234 g/mol. The first kappa shape index (κ1) is 14.5. The van der Waals surface area contributed by atoms with Crippen molar-refractivity contribution in [3.8, 4) is 0 Å². The van der Waals surface area contributed by atoms with E-state index in [1.807, 2.05) is 0 Å². The Morgan fingerprint density at radius 2 is 2.07 bits per heavy atom. The minimum Gasteiger partial charge on any atom is -0.860 e. The molecule has 0 bridgehead atoms. The number of benzene rings is 1. The molecule has 15 heavy (non-hydrogen) atoms. The van der Waals surface area contributed by atoms with E-state index in [4.69, 9.17) is 11.6 Å². The van der Waals surface area contributed by atoms with Gasteiger partial charge in [-0.1, -0.05) is 23.7 Å². The van der Waals surface area contributed by atoms with Crippen molar-refractivity contribution in [1.29, 1.82) is 0 Å². The fourth-order valence-corrected chi connectivity index (χ4v) is 1.10. The molecule has 0 radical (unpaired) electrons. The van der Waals surface area contributed by atoms with Crippen molar-refractivity contribution in [2.45, 2.75) is 6.92 Å². The zero-order chi connectivity index (χ0) is 10.6. The number of halogens is 1. The van der Waals surface area contributed by atoms with Gasteiger partial charge in [0.15, 0.2) is 5.78 Å². The molecule has 0 amide bonds. The molecule has 0 saturated heterocycles. The number of para-hydroxylation sites is 1. The van der Waals surface area contributed by atoms with Gasteiger partial charge in [0.2, 0.25) is 0 Å². The van der Waals surface area contributed by atoms with Crippen LogP contribution in [0.1, 0.15) is 6.92 Å². The van der Waals surface area contributed by atoms with Crippen LogP contribution in [-0.4, -0.2) is 5.78 Å². The molecule has 0 aliphatic heterocycles. The molecule has 0 aliphatic rings. The van der Waals surface area contributed by atoms with Crippen LogP contribution < -0.4 is 40.0 Å². The molecule has 0 aromatic heterocycles. The van der Waals surface area contributed by atoms with E-state index in [1.165, 1.54) is 6.92 Å². The molecule has 1 aromatic carbocycles. The molecule has 0 unspecified atom stereocenters. The number of nitrogens with one attached hydrogen (secondary N) is 1. The summed E-state index contributed by atoms with van der Waals surface area (Å²) in [7, 11) is 0. The quantitative estimate of drug-likeness (QED) is 0.395. The smallest absolute Gasteiger partial charge is 0.860 e. The molecule has 0 aliphatic carbocycles. The molecule has 0 saturated carbocycles. The minimum atomic E-state index is -0.467. The summed E-state index contributed by atoms with van der Waals surface area (Å²) in [6, 6.07) is 6.82. The largest absolute Gasteiger partial charge is 1.00 e. The molecule has 1 aromatic rings. The Morgan fingerprint density at radius 3 is 2.60 bits per heavy atom. The molecular weight excluding hydrogens is 225 g/mol. The first-order valence-electron chi connectivity index (χ1n) is 4.00. The van der Waals surface area contributed by atoms with E-state index in [9.17, 15) is 9.90 Å². The Kier molecular flexibility index (Phi) is 6.68. The maximum Gasteiger partial charge on any atom is 1.00 e. The predicted molar refractivity (Wildman–Crippen MR) is 53.8 cm³/mol. The number of hydrogen-bond acceptors (Lipinski definition) is 3. The van der Waals surface area contributed by atoms with Gasteiger partial charge < -0.3 is 10.4 Å². The molecule has 74 valence electrons. The van der Waals surface area contributed by atoms with Crippen LogP contribution in [0.5, 0.6) is 0 Å². The van der Waals surface area contributed by atoms with Crippen molar-refractivity contribution in [3.05, 3.63) is 41.2 Å². The Labute approximate surface area is 115 Å². The summed E-state index contributed by atoms with van der Waals surface area (Å²) < 4.78 is 0. The SMILES string of the molecule is CC(=O)/C=C(\[O-])Nc1ccccc1Cl.[Na+]. The normalized spacial score (nSPS) is 10.4. The standard InChI is InChI=1S/C10H10ClNO2.Na/c1-7(13)6-10(14)12-9-5-3-2-4-8(9)11;/h2-6,12,14H,1H3;/q;+1/p-1/b10-6-;. The van der Waals surface area contributed by atoms with Gasteiger partial charge in [-0.3, -0.25) is 4.79 Å². The van der Waals surface area contributed by atoms with Crippen molar-refractivity contribution < 1.29 is 39.5 Å². The van der Waals surface area contributed by atoms with E-state index in [0.29, 0.717) is 10.7 Å². The van der Waals surface area contributed by atoms with Gasteiger partial charge in [0.25, 0.3) is 0 Å². The number of carbonyl (C=O) groups excluding carboxylic acids is 1. The molecule has 0 spiro atoms. The van der Waals surface area contributed by atoms with Crippen LogP contribution >= 0.6 is 11.6 Å². The fourth-order valence-electron chi connectivity index (χ4n) is 0.916. The van der Waals surface area contributed by atoms with Gasteiger partial charge in [-0.15, -0.1) is 0 Å². The third kappa shape index (κ3) is 5.23. The zero-order valence-electron chi connectivity index (χ0n) is 8.58. The Hall–Kier alpha value is -0.480. The van der Waals surface area contributed by atoms with E-state index in [-0.39, 0.29) is 35.3 Å². The topological polar surface area (TPSA) is 52.2 Å². The van der Waals surface area contributed by atoms with E-state index in [1.54, 1.807) is 24.3 Å². The van der Waals surface area contributed by atoms with Crippen molar-refractivity contribution in [2.75, 3.05) is 5.32 Å². The van der Waals surface area contributed by atoms with E-state index in [2.05, 4.69) is 5.32 Å². The third-order valence-corrected chi connectivity index (χ3v) is 1.80. The molecule has 1 N–H and O–H groups in total. The fraction of sp³-hybridized carbons (Fsp3) is 0.100. The van der Waals surface area contributed by atoms with Crippen molar-refractivity contribution in [1.82, 2.24) is 0 Å². The van der Waals surface area contributed by atoms with E-state index >= 15 is 0 Å². The van der Waals surface area contributed by atoms with E-state index < -0.39 is 5.88 Å². The molecule has 0 fully saturated rings. The molecule has 3 nitrogen and oxygen atoms in total. The Bertz CT molecular complexity index is 379. The summed E-state index contributed by atoms with van der Waals surface area (Å²) in [6.07, 6.45) is 0.976. The van der Waals surface area contributed by atoms with Gasteiger partial charge in [0, 0.05) is 0 Å². The second kappa shape index (κ2) is 6.90. The minimum absolute atomic E-state index is 0. The van der Waals surface area contributed by atoms with Gasteiger partial charge in [-0.25, -0.2) is 0 Å². The first-order chi connectivity index (χ1) is 6.59. The van der Waals surface area contributed by atoms with Crippen LogP contribution in [0.3, 0.4) is 0 Å². The van der Waals surface area contributed by atoms with Gasteiger partial charge in [-0.05, 0) is 31.0 Å². The average Bonchev–Trinajstić information content (AvgIpc) is 2.07. The number of rotatable bonds is 3. The number of allylic oxidation sites excluding steroid dienone is 1. The summed E-state index contributed by atoms with van der Waals surface area (Å²) in [5, 5.41) is 14.1. The second-order valence-electron chi connectivity index (χ2n) is 2.72. The Morgan fingerprint density at radius 1 is 1.47 bits per heavy atom. The van der Waals surface area contributed by atoms with Gasteiger partial charge in [0.1, 0.15) is 0 Å². The number of hydrogen-bond donors (Lipinski definition) is 1. The summed E-state index contributed by atoms with van der Waals surface area (Å²) in [5.74, 6) is -0.764. The summed E-state index contributed by atoms with van der Waals surface area (Å²) in [5.41, 5.74) is 0.497. The summed E-state index contributed by atoms with van der Waals surface area (Å²) in [4.78, 5) is 10.6. The first-order valence-corrected chi connectivity index (χ1v) is 4.38. The number of carbonyl (C=O) groups is 1. The maximum atomic E-state index is 11.1. The van der Waals surface area contributed by atoms with E-state index in [0.717, 1.165) is 6.08 Å². The number of anilines is 1. The molecule has 0 atom stereocenters. The van der Waals surface area contributed by atoms with Gasteiger partial charge >= 0.3 is 29.6 Å². The van der Waals surface area contributed by atoms with Crippen LogP contribution in [-0.2, 0) is 4.79 Å². The third-order valence-electron chi connectivity index (χ3n) is 1.47. The zero-order valence-corrected chi connectivity index (χ0v) is 11.3. The molecule has 5 heteroatoms. The monoisotopic (exact) mass is 233 g/mol. The van der Waals surface area contributed by atoms with Crippen LogP contribution in [0.15, 0.2) is 36.2 Å². The van der Waals surface area contributed by atoms with Crippen LogP contribution in [0.2, 0.25) is 5.02 Å².